The molecule has 0 unspecified atom stereocenters. The van der Waals surface area contributed by atoms with E-state index < -0.39 is 5.54 Å². The summed E-state index contributed by atoms with van der Waals surface area (Å²) in [6.07, 6.45) is 1.33. The van der Waals surface area contributed by atoms with Crippen molar-refractivity contribution in [2.45, 2.75) is 25.3 Å². The average molecular weight is 386 g/mol. The number of rotatable bonds is 3. The molecule has 0 radical (unpaired) electrons. The van der Waals surface area contributed by atoms with Gasteiger partial charge in [0.25, 0.3) is 5.56 Å². The van der Waals surface area contributed by atoms with E-state index in [1.807, 2.05) is 55.5 Å². The van der Waals surface area contributed by atoms with Crippen LogP contribution in [0.3, 0.4) is 0 Å². The zero-order chi connectivity index (χ0) is 20.2. The van der Waals surface area contributed by atoms with E-state index in [0.717, 1.165) is 11.1 Å². The van der Waals surface area contributed by atoms with E-state index in [9.17, 15) is 14.0 Å². The maximum Gasteiger partial charge on any atom is 0.336 e. The standard InChI is InChI=1S/C24H19FN2O2/c1-16-7-12-21-20(15-16)22(28)27(23(29)26(21)19-5-3-2-4-6-19)24(13-14-24)17-8-10-18(25)11-9-17/h2-12,15H,13-14H2,1H3. The SMILES string of the molecule is Cc1ccc2c(c1)c(=O)n(C1(c3ccc(F)cc3)CC1)c(=O)n2-c1ccccc1. The molecule has 1 aliphatic rings. The Bertz CT molecular complexity index is 1350. The number of para-hydroxylation sites is 1. The normalized spacial score (nSPS) is 14.8. The highest BCUT2D eigenvalue weighted by Gasteiger charge is 2.49. The molecule has 4 aromatic rings. The minimum Gasteiger partial charge on any atom is -0.268 e. The van der Waals surface area contributed by atoms with Gasteiger partial charge in [0, 0.05) is 0 Å². The zero-order valence-electron chi connectivity index (χ0n) is 15.9. The second-order valence-electron chi connectivity index (χ2n) is 7.65. The van der Waals surface area contributed by atoms with E-state index in [2.05, 4.69) is 0 Å². The van der Waals surface area contributed by atoms with Crippen LogP contribution >= 0.6 is 0 Å². The molecule has 5 heteroatoms. The Morgan fingerprint density at radius 1 is 0.897 bits per heavy atom. The summed E-state index contributed by atoms with van der Waals surface area (Å²) in [7, 11) is 0. The van der Waals surface area contributed by atoms with Gasteiger partial charge in [-0.15, -0.1) is 0 Å². The molecule has 0 atom stereocenters. The van der Waals surface area contributed by atoms with Crippen molar-refractivity contribution in [2.75, 3.05) is 0 Å². The summed E-state index contributed by atoms with van der Waals surface area (Å²) in [6, 6.07) is 21.0. The smallest absolute Gasteiger partial charge is 0.268 e. The molecule has 0 spiro atoms. The molecule has 1 heterocycles. The topological polar surface area (TPSA) is 44.0 Å². The van der Waals surface area contributed by atoms with E-state index >= 15 is 0 Å². The van der Waals surface area contributed by atoms with Gasteiger partial charge in [-0.2, -0.15) is 0 Å². The minimum absolute atomic E-state index is 0.303. The summed E-state index contributed by atoms with van der Waals surface area (Å²) in [4.78, 5) is 27.2. The first kappa shape index (κ1) is 17.6. The van der Waals surface area contributed by atoms with Crippen LogP contribution in [0.2, 0.25) is 0 Å². The fourth-order valence-electron chi connectivity index (χ4n) is 4.15. The predicted molar refractivity (Wildman–Crippen MR) is 111 cm³/mol. The van der Waals surface area contributed by atoms with Gasteiger partial charge >= 0.3 is 5.69 Å². The Labute approximate surface area is 166 Å². The highest BCUT2D eigenvalue weighted by atomic mass is 19.1. The molecule has 4 nitrogen and oxygen atoms in total. The third kappa shape index (κ3) is 2.65. The van der Waals surface area contributed by atoms with Gasteiger partial charge in [-0.25, -0.2) is 13.8 Å². The minimum atomic E-state index is -0.726. The lowest BCUT2D eigenvalue weighted by Gasteiger charge is -2.22. The van der Waals surface area contributed by atoms with Crippen molar-refractivity contribution in [3.05, 3.63) is 111 Å². The third-order valence-corrected chi connectivity index (χ3v) is 5.76. The van der Waals surface area contributed by atoms with Crippen LogP contribution in [0.1, 0.15) is 24.0 Å². The van der Waals surface area contributed by atoms with Crippen LogP contribution in [-0.4, -0.2) is 9.13 Å². The molecule has 1 aliphatic carbocycles. The summed E-state index contributed by atoms with van der Waals surface area (Å²) in [5.74, 6) is -0.340. The monoisotopic (exact) mass is 386 g/mol. The molecular weight excluding hydrogens is 367 g/mol. The number of benzene rings is 3. The number of aryl methyl sites for hydroxylation is 1. The molecule has 29 heavy (non-hydrogen) atoms. The van der Waals surface area contributed by atoms with Crippen LogP contribution in [0.5, 0.6) is 0 Å². The van der Waals surface area contributed by atoms with Gasteiger partial charge in [0.05, 0.1) is 22.1 Å². The van der Waals surface area contributed by atoms with Crippen LogP contribution in [0.15, 0.2) is 82.4 Å². The van der Waals surface area contributed by atoms with Gasteiger partial charge in [0.1, 0.15) is 5.82 Å². The lowest BCUT2D eigenvalue weighted by atomic mass is 10.0. The summed E-state index contributed by atoms with van der Waals surface area (Å²) in [5.41, 5.74) is 1.62. The number of fused-ring (bicyclic) bond motifs is 1. The number of hydrogen-bond donors (Lipinski definition) is 0. The van der Waals surface area contributed by atoms with Crippen molar-refractivity contribution in [1.82, 2.24) is 9.13 Å². The maximum atomic E-state index is 13.7. The van der Waals surface area contributed by atoms with Crippen LogP contribution in [-0.2, 0) is 5.54 Å². The Morgan fingerprint density at radius 2 is 1.59 bits per heavy atom. The van der Waals surface area contributed by atoms with Crippen molar-refractivity contribution in [2.24, 2.45) is 0 Å². The Hall–Kier alpha value is -3.47. The van der Waals surface area contributed by atoms with E-state index in [0.29, 0.717) is 29.4 Å². The van der Waals surface area contributed by atoms with Crippen LogP contribution < -0.4 is 11.2 Å². The molecule has 0 bridgehead atoms. The summed E-state index contributed by atoms with van der Waals surface area (Å²) in [6.45, 7) is 1.92. The Morgan fingerprint density at radius 3 is 2.24 bits per heavy atom. The van der Waals surface area contributed by atoms with E-state index in [1.165, 1.54) is 16.7 Å². The summed E-state index contributed by atoms with van der Waals surface area (Å²) >= 11 is 0. The molecule has 0 amide bonds. The van der Waals surface area contributed by atoms with E-state index in [-0.39, 0.29) is 17.1 Å². The predicted octanol–water partition coefficient (Wildman–Crippen LogP) is 4.14. The van der Waals surface area contributed by atoms with Gasteiger partial charge < -0.3 is 0 Å². The van der Waals surface area contributed by atoms with Gasteiger partial charge in [0.15, 0.2) is 0 Å². The van der Waals surface area contributed by atoms with Gasteiger partial charge in [-0.1, -0.05) is 42.0 Å². The zero-order valence-corrected chi connectivity index (χ0v) is 15.9. The number of hydrogen-bond acceptors (Lipinski definition) is 2. The largest absolute Gasteiger partial charge is 0.336 e. The molecule has 0 saturated heterocycles. The molecular formula is C24H19FN2O2. The van der Waals surface area contributed by atoms with Crippen LogP contribution in [0.4, 0.5) is 4.39 Å². The van der Waals surface area contributed by atoms with Crippen molar-refractivity contribution >= 4 is 10.9 Å². The molecule has 0 aliphatic heterocycles. The first-order chi connectivity index (χ1) is 14.0. The quantitative estimate of drug-likeness (QED) is 0.531. The van der Waals surface area contributed by atoms with Crippen molar-refractivity contribution in [1.29, 1.82) is 0 Å². The Balaban J connectivity index is 1.89. The van der Waals surface area contributed by atoms with Crippen LogP contribution in [0.25, 0.3) is 16.6 Å². The second-order valence-corrected chi connectivity index (χ2v) is 7.65. The third-order valence-electron chi connectivity index (χ3n) is 5.76. The number of aromatic nitrogens is 2. The maximum absolute atomic E-state index is 13.7. The van der Waals surface area contributed by atoms with Crippen molar-refractivity contribution in [3.63, 3.8) is 0 Å². The number of nitrogens with zero attached hydrogens (tertiary/aromatic N) is 2. The summed E-state index contributed by atoms with van der Waals surface area (Å²) in [5, 5.41) is 0.502. The van der Waals surface area contributed by atoms with Crippen LogP contribution in [0, 0.1) is 12.7 Å². The van der Waals surface area contributed by atoms with Crippen molar-refractivity contribution < 1.29 is 4.39 Å². The molecule has 0 N–H and O–H groups in total. The lowest BCUT2D eigenvalue weighted by molar-refractivity contribution is 0.516. The molecule has 144 valence electrons. The molecule has 1 saturated carbocycles. The highest BCUT2D eigenvalue weighted by Crippen LogP contribution is 2.48. The highest BCUT2D eigenvalue weighted by molar-refractivity contribution is 5.80. The van der Waals surface area contributed by atoms with Crippen molar-refractivity contribution in [3.8, 4) is 5.69 Å². The Kier molecular flexibility index (Phi) is 3.81. The molecule has 1 fully saturated rings. The lowest BCUT2D eigenvalue weighted by Crippen LogP contribution is -2.45. The fraction of sp³-hybridized carbons (Fsp3) is 0.167. The average Bonchev–Trinajstić information content (AvgIpc) is 3.51. The fourth-order valence-corrected chi connectivity index (χ4v) is 4.15. The first-order valence-electron chi connectivity index (χ1n) is 9.62. The van der Waals surface area contributed by atoms with Gasteiger partial charge in [-0.3, -0.25) is 9.36 Å². The molecule has 3 aromatic carbocycles. The second kappa shape index (κ2) is 6.27. The van der Waals surface area contributed by atoms with E-state index in [1.54, 1.807) is 16.7 Å². The first-order valence-corrected chi connectivity index (χ1v) is 9.62. The van der Waals surface area contributed by atoms with Gasteiger partial charge in [0.2, 0.25) is 0 Å². The van der Waals surface area contributed by atoms with Gasteiger partial charge in [-0.05, 0) is 61.7 Å². The summed E-state index contributed by atoms with van der Waals surface area (Å²) < 4.78 is 16.4. The van der Waals surface area contributed by atoms with E-state index in [4.69, 9.17) is 0 Å². The molecule has 1 aromatic heterocycles. The number of halogens is 1. The molecule has 5 rings (SSSR count).